The van der Waals surface area contributed by atoms with Gasteiger partial charge in [0.1, 0.15) is 0 Å². The number of benzene rings is 1. The SMILES string of the molecule is Cl.O=[N+]([O-])c1ccc2c(c1)N(CCO)CCN2. The molecule has 0 bridgehead atoms. The molecule has 0 amide bonds. The number of non-ortho nitro benzene ring substituents is 1. The molecular formula is C10H14ClN3O3. The summed E-state index contributed by atoms with van der Waals surface area (Å²) in [5, 5.41) is 22.8. The summed E-state index contributed by atoms with van der Waals surface area (Å²) in [7, 11) is 0. The van der Waals surface area contributed by atoms with E-state index in [9.17, 15) is 10.1 Å². The first-order chi connectivity index (χ1) is 7.72. The van der Waals surface area contributed by atoms with E-state index in [2.05, 4.69) is 5.32 Å². The number of hydrogen-bond acceptors (Lipinski definition) is 5. The minimum Gasteiger partial charge on any atom is -0.395 e. The maximum Gasteiger partial charge on any atom is 0.271 e. The van der Waals surface area contributed by atoms with Crippen molar-refractivity contribution in [2.45, 2.75) is 0 Å². The third-order valence-corrected chi connectivity index (χ3v) is 2.60. The molecule has 0 unspecified atom stereocenters. The Hall–Kier alpha value is -1.53. The molecule has 0 aromatic heterocycles. The van der Waals surface area contributed by atoms with Crippen molar-refractivity contribution in [2.24, 2.45) is 0 Å². The topological polar surface area (TPSA) is 78.6 Å². The van der Waals surface area contributed by atoms with Gasteiger partial charge in [-0.3, -0.25) is 10.1 Å². The van der Waals surface area contributed by atoms with Gasteiger partial charge in [-0.15, -0.1) is 12.4 Å². The van der Waals surface area contributed by atoms with Gasteiger partial charge in [0, 0.05) is 31.8 Å². The van der Waals surface area contributed by atoms with E-state index < -0.39 is 4.92 Å². The second-order valence-corrected chi connectivity index (χ2v) is 3.60. The minimum atomic E-state index is -0.411. The highest BCUT2D eigenvalue weighted by Gasteiger charge is 2.19. The molecule has 1 aromatic carbocycles. The Morgan fingerprint density at radius 2 is 2.29 bits per heavy atom. The summed E-state index contributed by atoms with van der Waals surface area (Å²) >= 11 is 0. The maximum atomic E-state index is 10.7. The van der Waals surface area contributed by atoms with E-state index in [1.807, 2.05) is 4.90 Å². The molecule has 1 aliphatic rings. The van der Waals surface area contributed by atoms with Crippen molar-refractivity contribution in [3.8, 4) is 0 Å². The second-order valence-electron chi connectivity index (χ2n) is 3.60. The Balaban J connectivity index is 0.00000144. The number of hydrogen-bond donors (Lipinski definition) is 2. The lowest BCUT2D eigenvalue weighted by atomic mass is 10.2. The Bertz CT molecular complexity index is 414. The van der Waals surface area contributed by atoms with Gasteiger partial charge in [-0.25, -0.2) is 0 Å². The van der Waals surface area contributed by atoms with Crippen LogP contribution < -0.4 is 10.2 Å². The van der Waals surface area contributed by atoms with Crippen LogP contribution in [-0.4, -0.2) is 36.3 Å². The summed E-state index contributed by atoms with van der Waals surface area (Å²) in [6.45, 7) is 2.07. The van der Waals surface area contributed by atoms with Crippen LogP contribution in [0.4, 0.5) is 17.1 Å². The fraction of sp³-hybridized carbons (Fsp3) is 0.400. The Labute approximate surface area is 105 Å². The van der Waals surface area contributed by atoms with Gasteiger partial charge in [0.15, 0.2) is 0 Å². The molecule has 0 atom stereocenters. The zero-order valence-electron chi connectivity index (χ0n) is 9.13. The molecule has 0 saturated carbocycles. The fourth-order valence-electron chi connectivity index (χ4n) is 1.84. The molecule has 7 heteroatoms. The van der Waals surface area contributed by atoms with Gasteiger partial charge in [-0.1, -0.05) is 0 Å². The quantitative estimate of drug-likeness (QED) is 0.631. The van der Waals surface area contributed by atoms with E-state index in [-0.39, 0.29) is 24.7 Å². The van der Waals surface area contributed by atoms with Crippen molar-refractivity contribution in [1.29, 1.82) is 0 Å². The zero-order chi connectivity index (χ0) is 11.5. The van der Waals surface area contributed by atoms with E-state index in [4.69, 9.17) is 5.11 Å². The first kappa shape index (κ1) is 13.5. The average molecular weight is 260 g/mol. The molecule has 1 aromatic rings. The lowest BCUT2D eigenvalue weighted by Crippen LogP contribution is -2.35. The number of nitro groups is 1. The van der Waals surface area contributed by atoms with Crippen LogP contribution >= 0.6 is 12.4 Å². The van der Waals surface area contributed by atoms with Gasteiger partial charge in [-0.05, 0) is 6.07 Å². The van der Waals surface area contributed by atoms with Gasteiger partial charge in [0.25, 0.3) is 5.69 Å². The Kier molecular flexibility index (Phi) is 4.53. The molecule has 17 heavy (non-hydrogen) atoms. The van der Waals surface area contributed by atoms with Gasteiger partial charge in [0.05, 0.1) is 22.9 Å². The van der Waals surface area contributed by atoms with Crippen LogP contribution in [-0.2, 0) is 0 Å². The van der Waals surface area contributed by atoms with Crippen molar-refractivity contribution < 1.29 is 10.0 Å². The van der Waals surface area contributed by atoms with Crippen molar-refractivity contribution in [3.05, 3.63) is 28.3 Å². The molecule has 1 heterocycles. The standard InChI is InChI=1S/C10H13N3O3.ClH/c14-6-5-12-4-3-11-9-2-1-8(13(15)16)7-10(9)12;/h1-2,7,11,14H,3-6H2;1H. The summed E-state index contributed by atoms with van der Waals surface area (Å²) in [6, 6.07) is 4.72. The highest BCUT2D eigenvalue weighted by Crippen LogP contribution is 2.32. The monoisotopic (exact) mass is 259 g/mol. The molecule has 2 N–H and O–H groups in total. The number of nitrogens with zero attached hydrogens (tertiary/aromatic N) is 2. The zero-order valence-corrected chi connectivity index (χ0v) is 9.94. The lowest BCUT2D eigenvalue weighted by molar-refractivity contribution is -0.384. The molecule has 0 fully saturated rings. The van der Waals surface area contributed by atoms with Crippen LogP contribution in [0.1, 0.15) is 0 Å². The number of nitro benzene ring substituents is 1. The number of fused-ring (bicyclic) bond motifs is 1. The van der Waals surface area contributed by atoms with Crippen LogP contribution in [0.5, 0.6) is 0 Å². The second kappa shape index (κ2) is 5.70. The minimum absolute atomic E-state index is 0. The van der Waals surface area contributed by atoms with Crippen molar-refractivity contribution in [3.63, 3.8) is 0 Å². The van der Waals surface area contributed by atoms with Crippen LogP contribution in [0.3, 0.4) is 0 Å². The molecule has 2 rings (SSSR count). The first-order valence-electron chi connectivity index (χ1n) is 5.10. The fourth-order valence-corrected chi connectivity index (χ4v) is 1.84. The van der Waals surface area contributed by atoms with Crippen molar-refractivity contribution in [1.82, 2.24) is 0 Å². The van der Waals surface area contributed by atoms with Gasteiger partial charge >= 0.3 is 0 Å². The molecule has 6 nitrogen and oxygen atoms in total. The van der Waals surface area contributed by atoms with Crippen LogP contribution in [0.15, 0.2) is 18.2 Å². The predicted molar refractivity (Wildman–Crippen MR) is 68.1 cm³/mol. The number of aliphatic hydroxyl groups excluding tert-OH is 1. The van der Waals surface area contributed by atoms with E-state index >= 15 is 0 Å². The summed E-state index contributed by atoms with van der Waals surface area (Å²) in [6.07, 6.45) is 0. The lowest BCUT2D eigenvalue weighted by Gasteiger charge is -2.31. The normalized spacial score (nSPS) is 13.4. The summed E-state index contributed by atoms with van der Waals surface area (Å²) in [5.41, 5.74) is 1.74. The summed E-state index contributed by atoms with van der Waals surface area (Å²) in [4.78, 5) is 12.2. The number of rotatable bonds is 3. The van der Waals surface area contributed by atoms with Gasteiger partial charge < -0.3 is 15.3 Å². The van der Waals surface area contributed by atoms with E-state index in [1.54, 1.807) is 6.07 Å². The van der Waals surface area contributed by atoms with E-state index in [1.165, 1.54) is 12.1 Å². The maximum absolute atomic E-state index is 10.7. The highest BCUT2D eigenvalue weighted by molar-refractivity contribution is 5.85. The molecule has 0 radical (unpaired) electrons. The summed E-state index contributed by atoms with van der Waals surface area (Å²) in [5.74, 6) is 0. The van der Waals surface area contributed by atoms with Gasteiger partial charge in [0.2, 0.25) is 0 Å². The number of halogens is 1. The smallest absolute Gasteiger partial charge is 0.271 e. The third-order valence-electron chi connectivity index (χ3n) is 2.60. The van der Waals surface area contributed by atoms with Crippen molar-refractivity contribution in [2.75, 3.05) is 36.5 Å². The summed E-state index contributed by atoms with van der Waals surface area (Å²) < 4.78 is 0. The molecule has 0 spiro atoms. The van der Waals surface area contributed by atoms with E-state index in [0.29, 0.717) is 6.54 Å². The number of anilines is 2. The average Bonchev–Trinajstić information content (AvgIpc) is 2.29. The first-order valence-corrected chi connectivity index (χ1v) is 5.10. The van der Waals surface area contributed by atoms with Crippen LogP contribution in [0.25, 0.3) is 0 Å². The Morgan fingerprint density at radius 1 is 1.53 bits per heavy atom. The number of aliphatic hydroxyl groups is 1. The molecule has 1 aliphatic heterocycles. The largest absolute Gasteiger partial charge is 0.395 e. The van der Waals surface area contributed by atoms with Crippen LogP contribution in [0.2, 0.25) is 0 Å². The van der Waals surface area contributed by atoms with Gasteiger partial charge in [-0.2, -0.15) is 0 Å². The number of β-amino-alcohol motifs (C(OH)–C–C–N with tert-alkyl or cyclic N) is 1. The predicted octanol–water partition coefficient (Wildman–Crippen LogP) is 1.24. The molecular weight excluding hydrogens is 246 g/mol. The van der Waals surface area contributed by atoms with Crippen LogP contribution in [0, 0.1) is 10.1 Å². The third kappa shape index (κ3) is 2.78. The van der Waals surface area contributed by atoms with Crippen molar-refractivity contribution >= 4 is 29.5 Å². The van der Waals surface area contributed by atoms with E-state index in [0.717, 1.165) is 24.5 Å². The Morgan fingerprint density at radius 3 is 2.94 bits per heavy atom. The molecule has 0 saturated heterocycles. The number of nitrogens with one attached hydrogen (secondary N) is 1. The highest BCUT2D eigenvalue weighted by atomic mass is 35.5. The molecule has 0 aliphatic carbocycles. The molecule has 94 valence electrons.